The normalized spacial score (nSPS) is 10.3. The highest BCUT2D eigenvalue weighted by atomic mass is 35.5. The number of halogens is 1. The molecule has 0 bridgehead atoms. The van der Waals surface area contributed by atoms with Gasteiger partial charge in [-0.05, 0) is 55.0 Å². The van der Waals surface area contributed by atoms with Crippen LogP contribution < -0.4 is 10.6 Å². The molecule has 6 nitrogen and oxygen atoms in total. The topological polar surface area (TPSA) is 87.1 Å². The van der Waals surface area contributed by atoms with Crippen LogP contribution in [0.3, 0.4) is 0 Å². The lowest BCUT2D eigenvalue weighted by Crippen LogP contribution is -2.02. The number of anilines is 4. The molecular formula is C18H15ClN4O2. The predicted octanol–water partition coefficient (Wildman–Crippen LogP) is 4.62. The van der Waals surface area contributed by atoms with Crippen molar-refractivity contribution in [3.05, 3.63) is 70.9 Å². The molecule has 3 aromatic rings. The highest BCUT2D eigenvalue weighted by Crippen LogP contribution is 2.23. The maximum atomic E-state index is 11.0. The lowest BCUT2D eigenvalue weighted by atomic mass is 10.2. The highest BCUT2D eigenvalue weighted by molar-refractivity contribution is 6.30. The Morgan fingerprint density at radius 2 is 1.96 bits per heavy atom. The SMILES string of the molecule is Cc1cc(Cl)ccc1Nc1nccc(Nc2cccc(C(=O)O)c2)n1. The van der Waals surface area contributed by atoms with Crippen LogP contribution in [-0.2, 0) is 0 Å². The zero-order valence-electron chi connectivity index (χ0n) is 13.3. The van der Waals surface area contributed by atoms with E-state index >= 15 is 0 Å². The summed E-state index contributed by atoms with van der Waals surface area (Å²) < 4.78 is 0. The minimum atomic E-state index is -0.980. The maximum Gasteiger partial charge on any atom is 0.335 e. The minimum Gasteiger partial charge on any atom is -0.478 e. The van der Waals surface area contributed by atoms with E-state index < -0.39 is 5.97 Å². The summed E-state index contributed by atoms with van der Waals surface area (Å²) in [4.78, 5) is 19.6. The number of hydrogen-bond acceptors (Lipinski definition) is 5. The van der Waals surface area contributed by atoms with Gasteiger partial charge < -0.3 is 15.7 Å². The van der Waals surface area contributed by atoms with E-state index in [-0.39, 0.29) is 5.56 Å². The Morgan fingerprint density at radius 3 is 2.72 bits per heavy atom. The van der Waals surface area contributed by atoms with E-state index in [1.165, 1.54) is 6.07 Å². The van der Waals surface area contributed by atoms with Gasteiger partial charge in [0.25, 0.3) is 0 Å². The zero-order chi connectivity index (χ0) is 17.8. The molecule has 0 unspecified atom stereocenters. The predicted molar refractivity (Wildman–Crippen MR) is 98.2 cm³/mol. The molecule has 7 heteroatoms. The summed E-state index contributed by atoms with van der Waals surface area (Å²) in [6.45, 7) is 1.94. The maximum absolute atomic E-state index is 11.0. The van der Waals surface area contributed by atoms with Crippen LogP contribution in [0.15, 0.2) is 54.7 Å². The summed E-state index contributed by atoms with van der Waals surface area (Å²) in [5.74, 6) is -0.0108. The molecule has 0 fully saturated rings. The molecular weight excluding hydrogens is 340 g/mol. The molecule has 0 aliphatic carbocycles. The van der Waals surface area contributed by atoms with Gasteiger partial charge in [0.15, 0.2) is 0 Å². The molecule has 1 heterocycles. The van der Waals surface area contributed by atoms with E-state index in [0.717, 1.165) is 11.3 Å². The summed E-state index contributed by atoms with van der Waals surface area (Å²) in [5, 5.41) is 15.9. The molecule has 0 spiro atoms. The van der Waals surface area contributed by atoms with Crippen molar-refractivity contribution in [2.45, 2.75) is 6.92 Å². The number of nitrogens with one attached hydrogen (secondary N) is 2. The number of nitrogens with zero attached hydrogens (tertiary/aromatic N) is 2. The lowest BCUT2D eigenvalue weighted by Gasteiger charge is -2.10. The summed E-state index contributed by atoms with van der Waals surface area (Å²) in [6, 6.07) is 13.7. The van der Waals surface area contributed by atoms with Crippen LogP contribution in [0, 0.1) is 6.92 Å². The highest BCUT2D eigenvalue weighted by Gasteiger charge is 2.06. The standard InChI is InChI=1S/C18H15ClN4O2/c1-11-9-13(19)5-6-15(11)22-18-20-8-7-16(23-18)21-14-4-2-3-12(10-14)17(24)25/h2-10H,1H3,(H,24,25)(H2,20,21,22,23). The first kappa shape index (κ1) is 16.7. The van der Waals surface area contributed by atoms with Crippen LogP contribution in [0.5, 0.6) is 0 Å². The number of aryl methyl sites for hydroxylation is 1. The number of carboxylic acids is 1. The third kappa shape index (κ3) is 4.24. The largest absolute Gasteiger partial charge is 0.478 e. The fraction of sp³-hybridized carbons (Fsp3) is 0.0556. The Hall–Kier alpha value is -3.12. The molecule has 2 aromatic carbocycles. The van der Waals surface area contributed by atoms with Crippen molar-refractivity contribution in [2.24, 2.45) is 0 Å². The average Bonchev–Trinajstić information content (AvgIpc) is 2.58. The van der Waals surface area contributed by atoms with E-state index in [1.807, 2.05) is 19.1 Å². The van der Waals surface area contributed by atoms with Crippen LogP contribution >= 0.6 is 11.6 Å². The number of aromatic nitrogens is 2. The third-order valence-electron chi connectivity index (χ3n) is 3.47. The van der Waals surface area contributed by atoms with Gasteiger partial charge in [0.2, 0.25) is 5.95 Å². The van der Waals surface area contributed by atoms with Crippen LogP contribution in [-0.4, -0.2) is 21.0 Å². The first-order chi connectivity index (χ1) is 12.0. The minimum absolute atomic E-state index is 0.203. The molecule has 0 radical (unpaired) electrons. The Morgan fingerprint density at radius 1 is 1.12 bits per heavy atom. The second-order valence-electron chi connectivity index (χ2n) is 5.36. The molecule has 3 rings (SSSR count). The van der Waals surface area contributed by atoms with E-state index in [9.17, 15) is 4.79 Å². The van der Waals surface area contributed by atoms with Crippen molar-refractivity contribution in [1.29, 1.82) is 0 Å². The summed E-state index contributed by atoms with van der Waals surface area (Å²) >= 11 is 5.96. The van der Waals surface area contributed by atoms with Gasteiger partial charge in [0.05, 0.1) is 5.56 Å². The molecule has 0 aliphatic heterocycles. The quantitative estimate of drug-likeness (QED) is 0.619. The summed E-state index contributed by atoms with van der Waals surface area (Å²) in [5.41, 5.74) is 2.67. The monoisotopic (exact) mass is 354 g/mol. The third-order valence-corrected chi connectivity index (χ3v) is 3.71. The summed E-state index contributed by atoms with van der Waals surface area (Å²) in [6.07, 6.45) is 1.62. The fourth-order valence-corrected chi connectivity index (χ4v) is 2.48. The smallest absolute Gasteiger partial charge is 0.335 e. The van der Waals surface area contributed by atoms with Crippen molar-refractivity contribution >= 4 is 40.7 Å². The second-order valence-corrected chi connectivity index (χ2v) is 5.80. The van der Waals surface area contributed by atoms with Crippen molar-refractivity contribution < 1.29 is 9.90 Å². The molecule has 0 atom stereocenters. The van der Waals surface area contributed by atoms with Gasteiger partial charge >= 0.3 is 5.97 Å². The number of hydrogen-bond donors (Lipinski definition) is 3. The van der Waals surface area contributed by atoms with E-state index in [4.69, 9.17) is 16.7 Å². The van der Waals surface area contributed by atoms with Crippen molar-refractivity contribution in [1.82, 2.24) is 9.97 Å². The molecule has 0 saturated carbocycles. The number of aromatic carboxylic acids is 1. The van der Waals surface area contributed by atoms with E-state index in [1.54, 1.807) is 36.5 Å². The van der Waals surface area contributed by atoms with Crippen molar-refractivity contribution in [3.63, 3.8) is 0 Å². The van der Waals surface area contributed by atoms with Gasteiger partial charge in [-0.25, -0.2) is 9.78 Å². The molecule has 3 N–H and O–H groups in total. The first-order valence-electron chi connectivity index (χ1n) is 7.48. The number of rotatable bonds is 5. The Kier molecular flexibility index (Phi) is 4.81. The van der Waals surface area contributed by atoms with E-state index in [2.05, 4.69) is 20.6 Å². The van der Waals surface area contributed by atoms with Crippen LogP contribution in [0.4, 0.5) is 23.1 Å². The van der Waals surface area contributed by atoms with Gasteiger partial charge in [0, 0.05) is 22.6 Å². The number of benzene rings is 2. The van der Waals surface area contributed by atoms with Crippen LogP contribution in [0.25, 0.3) is 0 Å². The lowest BCUT2D eigenvalue weighted by molar-refractivity contribution is 0.0697. The molecule has 126 valence electrons. The summed E-state index contributed by atoms with van der Waals surface area (Å²) in [7, 11) is 0. The van der Waals surface area contributed by atoms with Crippen LogP contribution in [0.2, 0.25) is 5.02 Å². The van der Waals surface area contributed by atoms with Gasteiger partial charge in [0.1, 0.15) is 5.82 Å². The van der Waals surface area contributed by atoms with E-state index in [0.29, 0.717) is 22.5 Å². The first-order valence-corrected chi connectivity index (χ1v) is 7.86. The van der Waals surface area contributed by atoms with Gasteiger partial charge in [-0.15, -0.1) is 0 Å². The molecule has 0 aliphatic rings. The van der Waals surface area contributed by atoms with Crippen LogP contribution in [0.1, 0.15) is 15.9 Å². The van der Waals surface area contributed by atoms with Crippen molar-refractivity contribution in [3.8, 4) is 0 Å². The van der Waals surface area contributed by atoms with Gasteiger partial charge in [-0.2, -0.15) is 4.98 Å². The fourth-order valence-electron chi connectivity index (χ4n) is 2.25. The molecule has 1 aromatic heterocycles. The van der Waals surface area contributed by atoms with Gasteiger partial charge in [-0.3, -0.25) is 0 Å². The Bertz CT molecular complexity index is 930. The molecule has 25 heavy (non-hydrogen) atoms. The van der Waals surface area contributed by atoms with Gasteiger partial charge in [-0.1, -0.05) is 17.7 Å². The average molecular weight is 355 g/mol. The second kappa shape index (κ2) is 7.19. The van der Waals surface area contributed by atoms with Crippen molar-refractivity contribution in [2.75, 3.05) is 10.6 Å². The number of carbonyl (C=O) groups is 1. The zero-order valence-corrected chi connectivity index (χ0v) is 14.1. The Labute approximate surface area is 149 Å². The molecule has 0 saturated heterocycles. The Balaban J connectivity index is 1.79. The number of carboxylic acid groups (broad SMARTS) is 1. The molecule has 0 amide bonds.